The van der Waals surface area contributed by atoms with Gasteiger partial charge in [0.1, 0.15) is 5.82 Å². The number of likely N-dealkylation sites (N-methyl/N-ethyl adjacent to an activating group) is 1. The minimum Gasteiger partial charge on any atom is -0.357 e. The van der Waals surface area contributed by atoms with Crippen molar-refractivity contribution in [3.8, 4) is 0 Å². The molecule has 1 heterocycles. The molecule has 0 aliphatic carbocycles. The summed E-state index contributed by atoms with van der Waals surface area (Å²) in [5.41, 5.74) is 0.522. The van der Waals surface area contributed by atoms with Gasteiger partial charge in [-0.2, -0.15) is 0 Å². The minimum absolute atomic E-state index is 0.103. The molecule has 9 heteroatoms. The van der Waals surface area contributed by atoms with Crippen molar-refractivity contribution < 1.29 is 4.92 Å². The second-order valence-electron chi connectivity index (χ2n) is 6.60. The Morgan fingerprint density at radius 1 is 1.11 bits per heavy atom. The van der Waals surface area contributed by atoms with Gasteiger partial charge in [0.25, 0.3) is 11.2 Å². The molecule has 0 aliphatic rings. The molecule has 152 valence electrons. The third kappa shape index (κ3) is 5.29. The summed E-state index contributed by atoms with van der Waals surface area (Å²) in [4.78, 5) is 36.2. The fourth-order valence-electron chi connectivity index (χ4n) is 3.00. The van der Waals surface area contributed by atoms with Gasteiger partial charge < -0.3 is 10.2 Å². The molecule has 1 N–H and O–H groups in total. The van der Waals surface area contributed by atoms with Crippen molar-refractivity contribution in [1.29, 1.82) is 0 Å². The zero-order chi connectivity index (χ0) is 20.7. The molecule has 0 fully saturated rings. The summed E-state index contributed by atoms with van der Waals surface area (Å²) >= 11 is 0. The zero-order valence-corrected chi connectivity index (χ0v) is 16.6. The number of benzene rings is 1. The van der Waals surface area contributed by atoms with Gasteiger partial charge in [0, 0.05) is 51.9 Å². The van der Waals surface area contributed by atoms with Gasteiger partial charge in [-0.1, -0.05) is 12.1 Å². The first-order chi connectivity index (χ1) is 13.3. The molecular weight excluding hydrogens is 362 g/mol. The first-order valence-corrected chi connectivity index (χ1v) is 9.31. The van der Waals surface area contributed by atoms with Gasteiger partial charge in [0.05, 0.1) is 4.92 Å². The number of anilines is 1. The topological polar surface area (TPSA) is 102 Å². The summed E-state index contributed by atoms with van der Waals surface area (Å²) in [5.74, 6) is 0.614. The Balaban J connectivity index is 1.80. The van der Waals surface area contributed by atoms with Crippen molar-refractivity contribution >= 4 is 11.5 Å². The van der Waals surface area contributed by atoms with Crippen molar-refractivity contribution in [2.45, 2.75) is 19.8 Å². The molecule has 0 saturated carbocycles. The Labute approximate surface area is 163 Å². The zero-order valence-electron chi connectivity index (χ0n) is 16.6. The van der Waals surface area contributed by atoms with Crippen molar-refractivity contribution in [3.63, 3.8) is 0 Å². The van der Waals surface area contributed by atoms with Crippen LogP contribution in [0.5, 0.6) is 0 Å². The lowest BCUT2D eigenvalue weighted by atomic mass is 10.1. The van der Waals surface area contributed by atoms with E-state index >= 15 is 0 Å². The normalized spacial score (nSPS) is 10.8. The molecule has 0 amide bonds. The molecule has 1 aromatic heterocycles. The second kappa shape index (κ2) is 9.84. The molecule has 0 spiro atoms. The lowest BCUT2D eigenvalue weighted by Crippen LogP contribution is -2.42. The summed E-state index contributed by atoms with van der Waals surface area (Å²) in [6, 6.07) is 8.10. The SMILES string of the molecule is CCN(CCNCCCc1ccc([N+](=O)[O-])cc1)c1cc(=O)n(C)c(=O)n1C. The van der Waals surface area contributed by atoms with Crippen LogP contribution in [0.25, 0.3) is 0 Å². The first-order valence-electron chi connectivity index (χ1n) is 9.31. The molecule has 0 saturated heterocycles. The average Bonchev–Trinajstić information content (AvgIpc) is 2.69. The lowest BCUT2D eigenvalue weighted by Gasteiger charge is -2.25. The van der Waals surface area contributed by atoms with Gasteiger partial charge in [-0.15, -0.1) is 0 Å². The van der Waals surface area contributed by atoms with E-state index in [2.05, 4.69) is 5.32 Å². The van der Waals surface area contributed by atoms with Crippen LogP contribution in [-0.2, 0) is 20.5 Å². The van der Waals surface area contributed by atoms with E-state index in [9.17, 15) is 19.7 Å². The number of nitro groups is 1. The van der Waals surface area contributed by atoms with Gasteiger partial charge in [0.2, 0.25) is 0 Å². The van der Waals surface area contributed by atoms with E-state index in [0.29, 0.717) is 18.9 Å². The van der Waals surface area contributed by atoms with Gasteiger partial charge in [-0.25, -0.2) is 4.79 Å². The number of hydrogen-bond acceptors (Lipinski definition) is 6. The van der Waals surface area contributed by atoms with Crippen molar-refractivity contribution in [2.24, 2.45) is 14.1 Å². The molecule has 0 atom stereocenters. The van der Waals surface area contributed by atoms with Crippen molar-refractivity contribution in [1.82, 2.24) is 14.5 Å². The van der Waals surface area contributed by atoms with Gasteiger partial charge in [-0.3, -0.25) is 24.0 Å². The molecule has 2 rings (SSSR count). The summed E-state index contributed by atoms with van der Waals surface area (Å²) in [6.07, 6.45) is 1.75. The van der Waals surface area contributed by atoms with E-state index < -0.39 is 4.92 Å². The summed E-state index contributed by atoms with van der Waals surface area (Å²) in [7, 11) is 3.13. The van der Waals surface area contributed by atoms with Crippen LogP contribution in [0.1, 0.15) is 18.9 Å². The molecule has 0 bridgehead atoms. The monoisotopic (exact) mass is 389 g/mol. The minimum atomic E-state index is -0.400. The maximum Gasteiger partial charge on any atom is 0.332 e. The Morgan fingerprint density at radius 3 is 2.39 bits per heavy atom. The van der Waals surface area contributed by atoms with Gasteiger partial charge in [0.15, 0.2) is 0 Å². The highest BCUT2D eigenvalue weighted by Gasteiger charge is 2.11. The highest BCUT2D eigenvalue weighted by molar-refractivity contribution is 5.38. The van der Waals surface area contributed by atoms with Crippen LogP contribution in [-0.4, -0.2) is 40.2 Å². The molecular formula is C19H27N5O4. The van der Waals surface area contributed by atoms with Gasteiger partial charge >= 0.3 is 5.69 Å². The van der Waals surface area contributed by atoms with Crippen LogP contribution in [0.4, 0.5) is 11.5 Å². The Hall–Kier alpha value is -2.94. The van der Waals surface area contributed by atoms with Gasteiger partial charge in [-0.05, 0) is 31.9 Å². The second-order valence-corrected chi connectivity index (χ2v) is 6.60. The molecule has 28 heavy (non-hydrogen) atoms. The number of rotatable bonds is 10. The van der Waals surface area contributed by atoms with Crippen LogP contribution in [0.15, 0.2) is 39.9 Å². The summed E-state index contributed by atoms with van der Waals surface area (Å²) in [5, 5.41) is 14.0. The van der Waals surface area contributed by atoms with E-state index in [-0.39, 0.29) is 16.9 Å². The fourth-order valence-corrected chi connectivity index (χ4v) is 3.00. The van der Waals surface area contributed by atoms with Crippen LogP contribution in [0, 0.1) is 10.1 Å². The van der Waals surface area contributed by atoms with E-state index in [1.807, 2.05) is 11.8 Å². The van der Waals surface area contributed by atoms with Crippen LogP contribution < -0.4 is 21.5 Å². The molecule has 2 aromatic rings. The quantitative estimate of drug-likeness (QED) is 0.370. The fraction of sp³-hybridized carbons (Fsp3) is 0.474. The molecule has 0 aliphatic heterocycles. The number of aromatic nitrogens is 2. The predicted molar refractivity (Wildman–Crippen MR) is 109 cm³/mol. The lowest BCUT2D eigenvalue weighted by molar-refractivity contribution is -0.384. The number of hydrogen-bond donors (Lipinski definition) is 1. The summed E-state index contributed by atoms with van der Waals surface area (Å²) < 4.78 is 2.58. The van der Waals surface area contributed by atoms with Crippen molar-refractivity contribution in [3.05, 3.63) is 66.8 Å². The number of non-ortho nitro benzene ring substituents is 1. The van der Waals surface area contributed by atoms with E-state index in [0.717, 1.165) is 36.1 Å². The Bertz CT molecular complexity index is 917. The average molecular weight is 389 g/mol. The number of aryl methyl sites for hydroxylation is 1. The van der Waals surface area contributed by atoms with E-state index in [1.54, 1.807) is 19.2 Å². The molecule has 1 aromatic carbocycles. The molecule has 0 radical (unpaired) electrons. The van der Waals surface area contributed by atoms with Crippen LogP contribution in [0.3, 0.4) is 0 Å². The van der Waals surface area contributed by atoms with E-state index in [4.69, 9.17) is 0 Å². The predicted octanol–water partition coefficient (Wildman–Crippen LogP) is 1.04. The first kappa shape index (κ1) is 21.4. The third-order valence-electron chi connectivity index (χ3n) is 4.73. The van der Waals surface area contributed by atoms with Crippen molar-refractivity contribution in [2.75, 3.05) is 31.1 Å². The standard InChI is InChI=1S/C19H27N5O4/c1-4-23(17-14-18(25)22(3)19(26)21(17)2)13-12-20-11-5-6-15-7-9-16(10-8-15)24(27)28/h7-10,14,20H,4-6,11-13H2,1-3H3. The number of nitro benzene ring substituents is 1. The van der Waals surface area contributed by atoms with Crippen LogP contribution >= 0.6 is 0 Å². The Kier molecular flexibility index (Phi) is 7.51. The Morgan fingerprint density at radius 2 is 1.79 bits per heavy atom. The van der Waals surface area contributed by atoms with E-state index in [1.165, 1.54) is 29.8 Å². The largest absolute Gasteiger partial charge is 0.357 e. The highest BCUT2D eigenvalue weighted by Crippen LogP contribution is 2.13. The molecule has 0 unspecified atom stereocenters. The maximum absolute atomic E-state index is 12.1. The highest BCUT2D eigenvalue weighted by atomic mass is 16.6. The number of nitrogens with one attached hydrogen (secondary N) is 1. The smallest absolute Gasteiger partial charge is 0.332 e. The van der Waals surface area contributed by atoms with Crippen LogP contribution in [0.2, 0.25) is 0 Å². The molecule has 9 nitrogen and oxygen atoms in total. The summed E-state index contributed by atoms with van der Waals surface area (Å²) in [6.45, 7) is 4.87. The number of nitrogens with zero attached hydrogens (tertiary/aromatic N) is 4. The third-order valence-corrected chi connectivity index (χ3v) is 4.73. The maximum atomic E-state index is 12.1.